The Balaban J connectivity index is 0.908. The second-order valence-corrected chi connectivity index (χ2v) is 12.0. The van der Waals surface area contributed by atoms with E-state index in [-0.39, 0.29) is 41.8 Å². The molecule has 1 atom stereocenters. The lowest BCUT2D eigenvalue weighted by molar-refractivity contribution is -0.133. The molecule has 0 radical (unpaired) electrons. The Morgan fingerprint density at radius 1 is 0.891 bits per heavy atom. The van der Waals surface area contributed by atoms with Crippen LogP contribution in [0.2, 0.25) is 0 Å². The molecule has 0 bridgehead atoms. The second-order valence-electron chi connectivity index (χ2n) is 12.0. The first kappa shape index (κ1) is 29.7. The van der Waals surface area contributed by atoms with Gasteiger partial charge in [0.1, 0.15) is 11.6 Å². The van der Waals surface area contributed by atoms with Gasteiger partial charge in [-0.25, -0.2) is 18.7 Å². The van der Waals surface area contributed by atoms with Crippen molar-refractivity contribution < 1.29 is 18.4 Å². The molecular formula is C35H33F2N7O2. The molecule has 0 aliphatic carbocycles. The van der Waals surface area contributed by atoms with Crippen LogP contribution in [0.4, 0.5) is 14.5 Å². The van der Waals surface area contributed by atoms with Crippen LogP contribution in [0, 0.1) is 17.6 Å². The highest BCUT2D eigenvalue weighted by Gasteiger charge is 2.32. The molecule has 11 heteroatoms. The number of carbonyl (C=O) groups excluding carboxylic acids is 2. The molecule has 2 aliphatic heterocycles. The van der Waals surface area contributed by atoms with Crippen LogP contribution >= 0.6 is 0 Å². The van der Waals surface area contributed by atoms with Gasteiger partial charge in [-0.15, -0.1) is 0 Å². The molecule has 2 saturated heterocycles. The fraction of sp³-hybridized carbons (Fsp3) is 0.286. The molecule has 2 amide bonds. The van der Waals surface area contributed by atoms with Gasteiger partial charge in [0.2, 0.25) is 11.8 Å². The molecule has 4 heterocycles. The molecule has 2 N–H and O–H groups in total. The Kier molecular flexibility index (Phi) is 8.23. The summed E-state index contributed by atoms with van der Waals surface area (Å²) in [6.07, 6.45) is 5.32. The summed E-state index contributed by atoms with van der Waals surface area (Å²) in [6, 6.07) is 18.6. The molecule has 7 rings (SSSR count). The maximum Gasteiger partial charge on any atom is 0.236 e. The topological polar surface area (TPSA) is 107 Å². The number of nitrogens with one attached hydrogen (secondary N) is 2. The normalized spacial score (nSPS) is 17.4. The van der Waals surface area contributed by atoms with Gasteiger partial charge < -0.3 is 10.2 Å². The molecule has 0 saturated carbocycles. The van der Waals surface area contributed by atoms with Crippen molar-refractivity contribution in [3.8, 4) is 22.6 Å². The highest BCUT2D eigenvalue weighted by molar-refractivity contribution is 5.99. The Morgan fingerprint density at radius 3 is 2.41 bits per heavy atom. The zero-order chi connectivity index (χ0) is 31.6. The number of benzene rings is 3. The summed E-state index contributed by atoms with van der Waals surface area (Å²) in [5.74, 6) is -0.339. The highest BCUT2D eigenvalue weighted by atomic mass is 19.1. The predicted molar refractivity (Wildman–Crippen MR) is 171 cm³/mol. The van der Waals surface area contributed by atoms with Gasteiger partial charge in [-0.3, -0.25) is 19.6 Å². The lowest BCUT2D eigenvalue weighted by Gasteiger charge is -2.33. The lowest BCUT2D eigenvalue weighted by Crippen LogP contribution is -2.43. The summed E-state index contributed by atoms with van der Waals surface area (Å²) < 4.78 is 28.5. The summed E-state index contributed by atoms with van der Waals surface area (Å²) in [5, 5.41) is 11.2. The van der Waals surface area contributed by atoms with E-state index >= 15 is 4.39 Å². The third-order valence-corrected chi connectivity index (χ3v) is 9.06. The molecule has 9 nitrogen and oxygen atoms in total. The quantitative estimate of drug-likeness (QED) is 0.244. The Hall–Kier alpha value is -5.03. The van der Waals surface area contributed by atoms with Crippen LogP contribution in [-0.4, -0.2) is 74.5 Å². The monoisotopic (exact) mass is 621 g/mol. The van der Waals surface area contributed by atoms with Crippen molar-refractivity contribution in [3.05, 3.63) is 96.3 Å². The van der Waals surface area contributed by atoms with Crippen LogP contribution in [0.3, 0.4) is 0 Å². The molecule has 2 fully saturated rings. The minimum atomic E-state index is -0.317. The van der Waals surface area contributed by atoms with E-state index in [2.05, 4.69) is 25.5 Å². The molecular weight excluding hydrogens is 588 g/mol. The number of amides is 2. The van der Waals surface area contributed by atoms with Gasteiger partial charge in [0.15, 0.2) is 5.82 Å². The highest BCUT2D eigenvalue weighted by Crippen LogP contribution is 2.32. The van der Waals surface area contributed by atoms with Crippen LogP contribution in [0.5, 0.6) is 0 Å². The molecule has 0 spiro atoms. The number of carbonyl (C=O) groups is 2. The van der Waals surface area contributed by atoms with E-state index in [4.69, 9.17) is 0 Å². The summed E-state index contributed by atoms with van der Waals surface area (Å²) in [5.41, 5.74) is 4.23. The Bertz CT molecular complexity index is 1870. The van der Waals surface area contributed by atoms with E-state index in [1.807, 2.05) is 40.1 Å². The molecule has 5 aromatic rings. The first-order valence-corrected chi connectivity index (χ1v) is 15.5. The molecule has 2 aromatic heterocycles. The number of halogens is 2. The summed E-state index contributed by atoms with van der Waals surface area (Å²) >= 11 is 0. The van der Waals surface area contributed by atoms with E-state index < -0.39 is 0 Å². The SMILES string of the molecule is O=C(Nc1ccc2[nH]nc(-c3ccc(F)cc3)c2c1)C1CCN(CC(=O)N2CCC(c3ccc(-c4ncccn4)cc3F)CC2)C1. The van der Waals surface area contributed by atoms with E-state index in [1.165, 1.54) is 18.2 Å². The zero-order valence-electron chi connectivity index (χ0n) is 25.1. The molecule has 1 unspecified atom stereocenters. The summed E-state index contributed by atoms with van der Waals surface area (Å²) in [7, 11) is 0. The minimum absolute atomic E-state index is 0.0373. The molecule has 3 aromatic carbocycles. The van der Waals surface area contributed by atoms with Gasteiger partial charge in [0.05, 0.1) is 23.7 Å². The minimum Gasteiger partial charge on any atom is -0.342 e. The number of aromatic amines is 1. The fourth-order valence-electron chi connectivity index (χ4n) is 6.53. The van der Waals surface area contributed by atoms with Gasteiger partial charge in [-0.05, 0) is 91.9 Å². The number of piperidine rings is 1. The van der Waals surface area contributed by atoms with E-state index in [0.29, 0.717) is 73.8 Å². The summed E-state index contributed by atoms with van der Waals surface area (Å²) in [4.78, 5) is 38.6. The number of fused-ring (bicyclic) bond motifs is 1. The van der Waals surface area contributed by atoms with Crippen LogP contribution < -0.4 is 5.32 Å². The maximum absolute atomic E-state index is 15.0. The largest absolute Gasteiger partial charge is 0.342 e. The van der Waals surface area contributed by atoms with Crippen LogP contribution in [0.15, 0.2) is 79.1 Å². The average Bonchev–Trinajstić information content (AvgIpc) is 3.73. The van der Waals surface area contributed by atoms with Crippen molar-refractivity contribution in [1.82, 2.24) is 30.0 Å². The number of nitrogens with zero attached hydrogens (tertiary/aromatic N) is 5. The van der Waals surface area contributed by atoms with Crippen molar-refractivity contribution >= 4 is 28.4 Å². The Labute approximate surface area is 264 Å². The Morgan fingerprint density at radius 2 is 1.65 bits per heavy atom. The number of likely N-dealkylation sites (tertiary alicyclic amines) is 2. The van der Waals surface area contributed by atoms with E-state index in [1.54, 1.807) is 30.6 Å². The number of hydrogen-bond acceptors (Lipinski definition) is 6. The van der Waals surface area contributed by atoms with Gasteiger partial charge in [0.25, 0.3) is 0 Å². The van der Waals surface area contributed by atoms with Crippen molar-refractivity contribution in [3.63, 3.8) is 0 Å². The van der Waals surface area contributed by atoms with Gasteiger partial charge >= 0.3 is 0 Å². The van der Waals surface area contributed by atoms with Crippen molar-refractivity contribution in [1.29, 1.82) is 0 Å². The fourth-order valence-corrected chi connectivity index (χ4v) is 6.53. The van der Waals surface area contributed by atoms with Crippen molar-refractivity contribution in [2.24, 2.45) is 5.92 Å². The van der Waals surface area contributed by atoms with Crippen molar-refractivity contribution in [2.75, 3.05) is 38.0 Å². The lowest BCUT2D eigenvalue weighted by atomic mass is 9.88. The first-order valence-electron chi connectivity index (χ1n) is 15.5. The first-order chi connectivity index (χ1) is 22.4. The van der Waals surface area contributed by atoms with Crippen LogP contribution in [0.1, 0.15) is 30.7 Å². The number of H-pyrrole nitrogens is 1. The number of anilines is 1. The third kappa shape index (κ3) is 6.23. The number of aromatic nitrogens is 4. The van der Waals surface area contributed by atoms with Gasteiger partial charge in [0, 0.05) is 54.2 Å². The third-order valence-electron chi connectivity index (χ3n) is 9.06. The van der Waals surface area contributed by atoms with Gasteiger partial charge in [-0.1, -0.05) is 12.1 Å². The molecule has 234 valence electrons. The maximum atomic E-state index is 15.0. The van der Waals surface area contributed by atoms with Crippen LogP contribution in [-0.2, 0) is 9.59 Å². The van der Waals surface area contributed by atoms with Crippen LogP contribution in [0.25, 0.3) is 33.5 Å². The zero-order valence-corrected chi connectivity index (χ0v) is 25.1. The smallest absolute Gasteiger partial charge is 0.236 e. The molecule has 2 aliphatic rings. The second kappa shape index (κ2) is 12.8. The predicted octanol–water partition coefficient (Wildman–Crippen LogP) is 5.63. The average molecular weight is 622 g/mol. The van der Waals surface area contributed by atoms with E-state index in [9.17, 15) is 14.0 Å². The number of rotatable bonds is 7. The number of hydrogen-bond donors (Lipinski definition) is 2. The summed E-state index contributed by atoms with van der Waals surface area (Å²) in [6.45, 7) is 2.57. The standard InChI is InChI=1S/C35H33F2N7O2/c36-26-5-2-23(3-6-26)33-29-19-27(7-9-31(29)41-42-33)40-35(46)25-10-15-43(20-25)21-32(45)44-16-11-22(12-17-44)28-8-4-24(18-30(28)37)34-38-13-1-14-39-34/h1-9,13-14,18-19,22,25H,10-12,15-17,20-21H2,(H,40,46)(H,41,42). The van der Waals surface area contributed by atoms with Crippen molar-refractivity contribution in [2.45, 2.75) is 25.2 Å². The molecule has 46 heavy (non-hydrogen) atoms. The van der Waals surface area contributed by atoms with E-state index in [0.717, 1.165) is 16.5 Å². The van der Waals surface area contributed by atoms with Gasteiger partial charge in [-0.2, -0.15) is 5.10 Å².